The highest BCUT2D eigenvalue weighted by atomic mass is 19.4. The predicted molar refractivity (Wildman–Crippen MR) is 116 cm³/mol. The molecule has 3 aromatic carbocycles. The third-order valence-corrected chi connectivity index (χ3v) is 5.86. The lowest BCUT2D eigenvalue weighted by molar-refractivity contribution is -0.144. The summed E-state index contributed by atoms with van der Waals surface area (Å²) in [4.78, 5) is 4.05. The zero-order valence-corrected chi connectivity index (χ0v) is 19.0. The number of fused-ring (bicyclic) bond motifs is 1. The van der Waals surface area contributed by atoms with Crippen LogP contribution >= 0.6 is 0 Å². The van der Waals surface area contributed by atoms with E-state index in [9.17, 15) is 52.7 Å². The van der Waals surface area contributed by atoms with Crippen LogP contribution in [0.3, 0.4) is 0 Å². The van der Waals surface area contributed by atoms with Crippen LogP contribution < -0.4 is 0 Å². The zero-order chi connectivity index (χ0) is 29.0. The van der Waals surface area contributed by atoms with E-state index in [1.54, 1.807) is 0 Å². The van der Waals surface area contributed by atoms with Gasteiger partial charge in [-0.3, -0.25) is 4.98 Å². The number of hydrogen-bond donors (Lipinski definition) is 0. The topological polar surface area (TPSA) is 12.9 Å². The maximum atomic E-state index is 13.6. The SMILES string of the molecule is FC(F)(F)c1cc(C(c2cc(C(F)(F)F)cc(C(F)(F)F)c2)c2cccc3cccnc23)cc(C(F)(F)F)c1. The molecule has 0 saturated carbocycles. The Morgan fingerprint density at radius 3 is 1.26 bits per heavy atom. The quantitative estimate of drug-likeness (QED) is 0.178. The van der Waals surface area contributed by atoms with Crippen molar-refractivity contribution >= 4 is 10.9 Å². The average Bonchev–Trinajstić information content (AvgIpc) is 2.82. The second kappa shape index (κ2) is 9.45. The van der Waals surface area contributed by atoms with Gasteiger partial charge in [-0.25, -0.2) is 0 Å². The molecule has 0 saturated heterocycles. The van der Waals surface area contributed by atoms with E-state index in [0.29, 0.717) is 5.39 Å². The molecule has 0 aliphatic carbocycles. The molecule has 0 bridgehead atoms. The Morgan fingerprint density at radius 1 is 0.487 bits per heavy atom. The van der Waals surface area contributed by atoms with E-state index >= 15 is 0 Å². The largest absolute Gasteiger partial charge is 0.416 e. The highest BCUT2D eigenvalue weighted by Gasteiger charge is 2.40. The van der Waals surface area contributed by atoms with Gasteiger partial charge in [-0.15, -0.1) is 0 Å². The number of benzene rings is 3. The summed E-state index contributed by atoms with van der Waals surface area (Å²) in [5.41, 5.74) is -9.04. The summed E-state index contributed by atoms with van der Waals surface area (Å²) >= 11 is 0. The van der Waals surface area contributed by atoms with Crippen molar-refractivity contribution in [1.82, 2.24) is 4.98 Å². The third kappa shape index (κ3) is 5.96. The van der Waals surface area contributed by atoms with Crippen molar-refractivity contribution in [2.45, 2.75) is 30.6 Å². The smallest absolute Gasteiger partial charge is 0.256 e. The lowest BCUT2D eigenvalue weighted by atomic mass is 9.81. The van der Waals surface area contributed by atoms with Gasteiger partial charge in [0.15, 0.2) is 0 Å². The molecule has 0 unspecified atom stereocenters. The third-order valence-electron chi connectivity index (χ3n) is 5.86. The predicted octanol–water partition coefficient (Wildman–Crippen LogP) is 9.49. The monoisotopic (exact) mass is 567 g/mol. The number of hydrogen-bond acceptors (Lipinski definition) is 1. The van der Waals surface area contributed by atoms with E-state index in [2.05, 4.69) is 4.98 Å². The molecule has 1 heterocycles. The first-order valence-corrected chi connectivity index (χ1v) is 10.8. The Balaban J connectivity index is 2.15. The van der Waals surface area contributed by atoms with Crippen molar-refractivity contribution in [2.75, 3.05) is 0 Å². The van der Waals surface area contributed by atoms with Gasteiger partial charge in [0.25, 0.3) is 0 Å². The Hall–Kier alpha value is -3.77. The Bertz CT molecular complexity index is 1370. The van der Waals surface area contributed by atoms with Crippen molar-refractivity contribution in [2.24, 2.45) is 0 Å². The fourth-order valence-corrected chi connectivity index (χ4v) is 4.20. The molecule has 0 aliphatic rings. The molecule has 206 valence electrons. The molecule has 39 heavy (non-hydrogen) atoms. The van der Waals surface area contributed by atoms with E-state index in [1.165, 1.54) is 36.5 Å². The van der Waals surface area contributed by atoms with E-state index in [0.717, 1.165) is 0 Å². The van der Waals surface area contributed by atoms with Crippen LogP contribution in [0.2, 0.25) is 0 Å². The van der Waals surface area contributed by atoms with Gasteiger partial charge in [0, 0.05) is 17.5 Å². The lowest BCUT2D eigenvalue weighted by Gasteiger charge is -2.24. The van der Waals surface area contributed by atoms with Crippen molar-refractivity contribution in [3.05, 3.63) is 112 Å². The molecular formula is C26H13F12N. The van der Waals surface area contributed by atoms with Crippen LogP contribution in [0.1, 0.15) is 44.9 Å². The molecule has 0 aliphatic heterocycles. The van der Waals surface area contributed by atoms with E-state index in [1.807, 2.05) is 0 Å². The fraction of sp³-hybridized carbons (Fsp3) is 0.192. The van der Waals surface area contributed by atoms with Gasteiger partial charge in [0.05, 0.1) is 27.8 Å². The summed E-state index contributed by atoms with van der Waals surface area (Å²) in [6.45, 7) is 0. The molecule has 0 spiro atoms. The molecule has 4 aromatic rings. The molecule has 1 nitrogen and oxygen atoms in total. The molecule has 4 rings (SSSR count). The Morgan fingerprint density at radius 2 is 0.872 bits per heavy atom. The van der Waals surface area contributed by atoms with Gasteiger partial charge in [-0.05, 0) is 59.2 Å². The number of pyridine rings is 1. The van der Waals surface area contributed by atoms with E-state index in [-0.39, 0.29) is 47.5 Å². The summed E-state index contributed by atoms with van der Waals surface area (Å²) < 4.78 is 163. The van der Waals surface area contributed by atoms with Crippen molar-refractivity contribution in [1.29, 1.82) is 0 Å². The number of nitrogens with zero attached hydrogens (tertiary/aromatic N) is 1. The van der Waals surface area contributed by atoms with Crippen LogP contribution in [0.25, 0.3) is 10.9 Å². The lowest BCUT2D eigenvalue weighted by Crippen LogP contribution is -2.16. The molecule has 0 amide bonds. The molecule has 13 heteroatoms. The van der Waals surface area contributed by atoms with Gasteiger partial charge in [0.2, 0.25) is 0 Å². The first kappa shape index (κ1) is 28.2. The maximum Gasteiger partial charge on any atom is 0.416 e. The molecule has 0 atom stereocenters. The Labute approximate surface area is 211 Å². The summed E-state index contributed by atoms with van der Waals surface area (Å²) in [5.74, 6) is -1.93. The minimum Gasteiger partial charge on any atom is -0.256 e. The molecule has 0 fully saturated rings. The number of alkyl halides is 12. The van der Waals surface area contributed by atoms with Crippen LogP contribution in [-0.2, 0) is 24.7 Å². The summed E-state index contributed by atoms with van der Waals surface area (Å²) in [5, 5.41) is 0.297. The summed E-state index contributed by atoms with van der Waals surface area (Å²) in [6, 6.07) is 7.56. The second-order valence-corrected chi connectivity index (χ2v) is 8.53. The second-order valence-electron chi connectivity index (χ2n) is 8.53. The number of rotatable bonds is 3. The first-order chi connectivity index (χ1) is 17.9. The van der Waals surface area contributed by atoms with Gasteiger partial charge in [-0.2, -0.15) is 52.7 Å². The Kier molecular flexibility index (Phi) is 6.85. The average molecular weight is 567 g/mol. The minimum atomic E-state index is -5.32. The van der Waals surface area contributed by atoms with Gasteiger partial charge >= 0.3 is 24.7 Å². The maximum absolute atomic E-state index is 13.6. The van der Waals surface area contributed by atoms with Gasteiger partial charge in [-0.1, -0.05) is 24.3 Å². The fourth-order valence-electron chi connectivity index (χ4n) is 4.20. The summed E-state index contributed by atoms with van der Waals surface area (Å²) in [6.07, 6.45) is -20.1. The van der Waals surface area contributed by atoms with Crippen molar-refractivity contribution in [3.63, 3.8) is 0 Å². The van der Waals surface area contributed by atoms with Gasteiger partial charge < -0.3 is 0 Å². The van der Waals surface area contributed by atoms with Gasteiger partial charge in [0.1, 0.15) is 0 Å². The molecule has 0 radical (unpaired) electrons. The van der Waals surface area contributed by atoms with Crippen LogP contribution in [0, 0.1) is 0 Å². The normalized spacial score (nSPS) is 13.4. The molecule has 1 aromatic heterocycles. The standard InChI is InChI=1S/C26H13F12N/c27-23(28,29)16-7-14(8-17(11-16)24(30,31)32)21(20-5-1-3-13-4-2-6-39-22(13)20)15-9-18(25(33,34)35)12-19(10-15)26(36,37)38/h1-12,21H. The van der Waals surface area contributed by atoms with Crippen LogP contribution in [0.5, 0.6) is 0 Å². The summed E-state index contributed by atoms with van der Waals surface area (Å²) in [7, 11) is 0. The van der Waals surface area contributed by atoms with Crippen LogP contribution in [-0.4, -0.2) is 4.98 Å². The minimum absolute atomic E-state index is 0.0399. The van der Waals surface area contributed by atoms with Crippen LogP contribution in [0.4, 0.5) is 52.7 Å². The molecule has 0 N–H and O–H groups in total. The number of halogens is 12. The first-order valence-electron chi connectivity index (χ1n) is 10.8. The number of para-hydroxylation sites is 1. The zero-order valence-electron chi connectivity index (χ0n) is 19.0. The van der Waals surface area contributed by atoms with E-state index in [4.69, 9.17) is 0 Å². The van der Waals surface area contributed by atoms with Crippen molar-refractivity contribution < 1.29 is 52.7 Å². The number of aromatic nitrogens is 1. The van der Waals surface area contributed by atoms with Crippen LogP contribution in [0.15, 0.2) is 72.9 Å². The molecular weight excluding hydrogens is 554 g/mol. The van der Waals surface area contributed by atoms with Crippen molar-refractivity contribution in [3.8, 4) is 0 Å². The van der Waals surface area contributed by atoms with E-state index < -0.39 is 64.0 Å². The highest BCUT2D eigenvalue weighted by molar-refractivity contribution is 5.83. The highest BCUT2D eigenvalue weighted by Crippen LogP contribution is 2.44.